The Morgan fingerprint density at radius 2 is 0.735 bits per heavy atom. The van der Waals surface area contributed by atoms with E-state index in [0.29, 0.717) is 30.0 Å². The van der Waals surface area contributed by atoms with Crippen molar-refractivity contribution in [3.63, 3.8) is 0 Å². The van der Waals surface area contributed by atoms with Crippen LogP contribution in [0.1, 0.15) is 45.9 Å². The summed E-state index contributed by atoms with van der Waals surface area (Å²) in [6.07, 6.45) is 2.95. The van der Waals surface area contributed by atoms with Gasteiger partial charge in [-0.2, -0.15) is 0 Å². The van der Waals surface area contributed by atoms with E-state index in [1.165, 1.54) is 72.8 Å². The molecule has 0 saturated heterocycles. The Bertz CT molecular complexity index is 2390. The van der Waals surface area contributed by atoms with Gasteiger partial charge < -0.3 is 53.2 Å². The van der Waals surface area contributed by atoms with E-state index in [9.17, 15) is 46.3 Å². The highest BCUT2D eigenvalue weighted by molar-refractivity contribution is 5.92. The predicted molar refractivity (Wildman–Crippen MR) is 231 cm³/mol. The lowest BCUT2D eigenvalue weighted by atomic mass is 10.2. The van der Waals surface area contributed by atoms with Crippen LogP contribution in [0.15, 0.2) is 135 Å². The van der Waals surface area contributed by atoms with Crippen LogP contribution in [0.4, 0.5) is 17.6 Å². The Hall–Kier alpha value is -9.14. The molecular weight excluding hydrogens is 912 g/mol. The minimum absolute atomic E-state index is 0. The third kappa shape index (κ3) is 18.9. The molecule has 0 fully saturated rings. The molecular formula is C47H42F4O17. The second-order valence-electron chi connectivity index (χ2n) is 11.9. The van der Waals surface area contributed by atoms with Crippen LogP contribution in [0.25, 0.3) is 0 Å². The van der Waals surface area contributed by atoms with E-state index in [1.54, 1.807) is 0 Å². The van der Waals surface area contributed by atoms with E-state index in [0.717, 1.165) is 18.2 Å². The molecule has 5 aromatic carbocycles. The van der Waals surface area contributed by atoms with Crippen molar-refractivity contribution in [3.05, 3.63) is 175 Å². The molecule has 360 valence electrons. The number of hydrogen-bond acceptors (Lipinski definition) is 16. The molecule has 0 bridgehead atoms. The van der Waals surface area contributed by atoms with Crippen molar-refractivity contribution in [2.24, 2.45) is 0 Å². The van der Waals surface area contributed by atoms with Gasteiger partial charge in [0.25, 0.3) is 0 Å². The first kappa shape index (κ1) is 56.9. The van der Waals surface area contributed by atoms with Crippen LogP contribution in [0.3, 0.4) is 0 Å². The van der Waals surface area contributed by atoms with Crippen LogP contribution in [0.5, 0.6) is 40.2 Å². The van der Waals surface area contributed by atoms with E-state index < -0.39 is 82.1 Å². The molecule has 0 aliphatic rings. The highest BCUT2D eigenvalue weighted by Gasteiger charge is 2.19. The van der Waals surface area contributed by atoms with Gasteiger partial charge in [0.15, 0.2) is 46.3 Å². The van der Waals surface area contributed by atoms with Crippen molar-refractivity contribution in [1.29, 1.82) is 0 Å². The monoisotopic (exact) mass is 954 g/mol. The zero-order valence-electron chi connectivity index (χ0n) is 33.8. The molecule has 0 spiro atoms. The summed E-state index contributed by atoms with van der Waals surface area (Å²) in [5, 5.41) is 25.6. The van der Waals surface area contributed by atoms with Gasteiger partial charge in [0.1, 0.15) is 17.2 Å². The minimum Gasteiger partial charge on any atom is -0.505 e. The Kier molecular flexibility index (Phi) is 23.9. The van der Waals surface area contributed by atoms with Gasteiger partial charge in [-0.25, -0.2) is 46.3 Å². The number of rotatable bonds is 17. The number of aromatic hydroxyl groups is 2. The number of phenols is 2. The second-order valence-corrected chi connectivity index (χ2v) is 11.9. The summed E-state index contributed by atoms with van der Waals surface area (Å²) in [4.78, 5) is 67.9. The van der Waals surface area contributed by atoms with Crippen molar-refractivity contribution < 1.29 is 99.5 Å². The number of carbonyl (C=O) groups excluding carboxylic acids is 5. The van der Waals surface area contributed by atoms with Gasteiger partial charge in [-0.05, 0) is 72.8 Å². The van der Waals surface area contributed by atoms with Crippen molar-refractivity contribution >= 4 is 35.8 Å². The fourth-order valence-corrected chi connectivity index (χ4v) is 4.22. The van der Waals surface area contributed by atoms with Gasteiger partial charge in [-0.3, -0.25) is 0 Å². The SMILES string of the molecule is C.C.C=CC(=O)OCOc1ccc(C(=O)O)cc1.C=CC(=O)OCOc1ccc(C(=O)Oc2cc(F)c(OC(=O)c3ccc(OCOC(=O)C=C)cc3)cc2F)cc1.Oc1cc(F)c(O)cc1F. The Morgan fingerprint density at radius 3 is 1.00 bits per heavy atom. The second kappa shape index (κ2) is 28.6. The maximum atomic E-state index is 14.5. The summed E-state index contributed by atoms with van der Waals surface area (Å²) >= 11 is 0. The first-order chi connectivity index (χ1) is 31.4. The lowest BCUT2D eigenvalue weighted by Gasteiger charge is -2.10. The normalized spacial score (nSPS) is 9.53. The van der Waals surface area contributed by atoms with Gasteiger partial charge >= 0.3 is 35.8 Å². The molecule has 21 heteroatoms. The van der Waals surface area contributed by atoms with Crippen LogP contribution in [0, 0.1) is 23.3 Å². The molecule has 0 saturated carbocycles. The minimum atomic E-state index is -1.17. The summed E-state index contributed by atoms with van der Waals surface area (Å²) in [5.41, 5.74) is 0.129. The zero-order chi connectivity index (χ0) is 48.8. The summed E-state index contributed by atoms with van der Waals surface area (Å²) < 4.78 is 92.6. The fourth-order valence-electron chi connectivity index (χ4n) is 4.22. The van der Waals surface area contributed by atoms with Crippen molar-refractivity contribution in [3.8, 4) is 40.2 Å². The molecule has 3 N–H and O–H groups in total. The molecule has 0 aromatic heterocycles. The average Bonchev–Trinajstić information content (AvgIpc) is 3.30. The van der Waals surface area contributed by atoms with E-state index >= 15 is 0 Å². The molecule has 0 aliphatic carbocycles. The Balaban J connectivity index is 0.000000673. The van der Waals surface area contributed by atoms with Crippen molar-refractivity contribution in [1.82, 2.24) is 0 Å². The number of hydrogen-bond donors (Lipinski definition) is 3. The largest absolute Gasteiger partial charge is 0.505 e. The average molecular weight is 955 g/mol. The number of carbonyl (C=O) groups is 6. The number of halogens is 4. The summed E-state index contributed by atoms with van der Waals surface area (Å²) in [7, 11) is 0. The smallest absolute Gasteiger partial charge is 0.343 e. The van der Waals surface area contributed by atoms with E-state index in [-0.39, 0.29) is 63.4 Å². The number of aromatic carboxylic acids is 1. The molecule has 5 aromatic rings. The van der Waals surface area contributed by atoms with Crippen LogP contribution < -0.4 is 23.7 Å². The lowest BCUT2D eigenvalue weighted by molar-refractivity contribution is -0.145. The third-order valence-electron chi connectivity index (χ3n) is 7.47. The molecule has 0 amide bonds. The van der Waals surface area contributed by atoms with Crippen LogP contribution >= 0.6 is 0 Å². The first-order valence-electron chi connectivity index (χ1n) is 18.0. The predicted octanol–water partition coefficient (Wildman–Crippen LogP) is 8.63. The number of carboxylic acids is 1. The molecule has 0 radical (unpaired) electrons. The Morgan fingerprint density at radius 1 is 0.456 bits per heavy atom. The summed E-state index contributed by atoms with van der Waals surface area (Å²) in [6, 6.07) is 18.5. The number of ether oxygens (including phenoxy) is 8. The number of esters is 5. The number of phenolic OH excluding ortho intramolecular Hbond substituents is 2. The van der Waals surface area contributed by atoms with Gasteiger partial charge in [0, 0.05) is 42.5 Å². The molecule has 0 atom stereocenters. The molecule has 0 aliphatic heterocycles. The first-order valence-corrected chi connectivity index (χ1v) is 18.0. The van der Waals surface area contributed by atoms with Gasteiger partial charge in [0.2, 0.25) is 20.4 Å². The molecule has 0 heterocycles. The molecule has 0 unspecified atom stereocenters. The van der Waals surface area contributed by atoms with Crippen LogP contribution in [-0.2, 0) is 28.6 Å². The summed E-state index contributed by atoms with van der Waals surface area (Å²) in [5.74, 6) is -11.5. The van der Waals surface area contributed by atoms with Crippen molar-refractivity contribution in [2.75, 3.05) is 20.4 Å². The van der Waals surface area contributed by atoms with E-state index in [4.69, 9.17) is 39.0 Å². The van der Waals surface area contributed by atoms with Gasteiger partial charge in [-0.1, -0.05) is 34.6 Å². The maximum absolute atomic E-state index is 14.5. The third-order valence-corrected chi connectivity index (χ3v) is 7.47. The van der Waals surface area contributed by atoms with Crippen LogP contribution in [0.2, 0.25) is 0 Å². The topological polar surface area (TPSA) is 237 Å². The van der Waals surface area contributed by atoms with E-state index in [1.807, 2.05) is 0 Å². The zero-order valence-corrected chi connectivity index (χ0v) is 33.8. The standard InChI is InChI=1S/C28H20F2O10.C11H10O5.C6H4F2O2.2CH4/c1-3-25(31)37-15-35-19-9-5-17(6-10-19)27(33)39-23-13-22(30)24(14-21(23)29)40-28(34)18-7-11-20(12-8-18)36-16-38-26(32)4-2;1-2-10(12)16-7-15-9-5-3-8(4-6-9)11(13)14;7-3-1-5(9)4(8)2-6(3)10;;/h3-14H,1-2,15-16H2;2-6H,1,7H2,(H,13,14);1-2,9-10H;2*1H4. The summed E-state index contributed by atoms with van der Waals surface area (Å²) in [6.45, 7) is 8.69. The van der Waals surface area contributed by atoms with Gasteiger partial charge in [0.05, 0.1) is 16.7 Å². The lowest BCUT2D eigenvalue weighted by Crippen LogP contribution is -2.12. The number of carboxylic acid groups (broad SMARTS) is 1. The fraction of sp³-hybridized carbons (Fsp3) is 0.106. The van der Waals surface area contributed by atoms with Crippen molar-refractivity contribution in [2.45, 2.75) is 14.9 Å². The highest BCUT2D eigenvalue weighted by atomic mass is 19.1. The maximum Gasteiger partial charge on any atom is 0.343 e. The van der Waals surface area contributed by atoms with Gasteiger partial charge in [-0.15, -0.1) is 0 Å². The highest BCUT2D eigenvalue weighted by Crippen LogP contribution is 2.29. The molecule has 17 nitrogen and oxygen atoms in total. The van der Waals surface area contributed by atoms with E-state index in [2.05, 4.69) is 33.9 Å². The quantitative estimate of drug-likeness (QED) is 0.0150. The Labute approximate surface area is 385 Å². The molecule has 5 rings (SSSR count). The molecule has 68 heavy (non-hydrogen) atoms. The number of benzene rings is 5. The van der Waals surface area contributed by atoms with Crippen LogP contribution in [-0.4, -0.2) is 71.5 Å².